The van der Waals surface area contributed by atoms with Crippen molar-refractivity contribution in [3.8, 4) is 0 Å². The molecule has 0 saturated carbocycles. The third-order valence-corrected chi connectivity index (χ3v) is 3.16. The Morgan fingerprint density at radius 2 is 2.05 bits per heavy atom. The van der Waals surface area contributed by atoms with Crippen molar-refractivity contribution in [2.24, 2.45) is 0 Å². The Bertz CT molecular complexity index is 736. The van der Waals surface area contributed by atoms with E-state index in [1.54, 1.807) is 23.0 Å². The van der Waals surface area contributed by atoms with E-state index < -0.39 is 0 Å². The number of aromatic nitrogens is 2. The van der Waals surface area contributed by atoms with Crippen molar-refractivity contribution < 1.29 is 9.21 Å². The molecule has 106 valence electrons. The Hall–Kier alpha value is -2.53. The van der Waals surface area contributed by atoms with Crippen LogP contribution >= 0.6 is 11.6 Å². The van der Waals surface area contributed by atoms with Crippen molar-refractivity contribution in [3.63, 3.8) is 0 Å². The van der Waals surface area contributed by atoms with E-state index in [9.17, 15) is 4.79 Å². The second-order valence-electron chi connectivity index (χ2n) is 4.44. The number of nitrogens with one attached hydrogen (secondary N) is 1. The Labute approximate surface area is 126 Å². The maximum absolute atomic E-state index is 11.9. The first-order valence-corrected chi connectivity index (χ1v) is 6.72. The van der Waals surface area contributed by atoms with Gasteiger partial charge in [0.1, 0.15) is 5.02 Å². The number of anilines is 1. The molecule has 1 aromatic carbocycles. The molecule has 0 fully saturated rings. The first kappa shape index (κ1) is 13.5. The molecule has 1 N–H and O–H groups in total. The summed E-state index contributed by atoms with van der Waals surface area (Å²) in [5.74, 6) is 0.143. The molecule has 0 saturated heterocycles. The van der Waals surface area contributed by atoms with Crippen LogP contribution in [-0.4, -0.2) is 15.7 Å². The standard InChI is InChI=1S/C15H12ClN3O2/c16-12-10-19(9-11-5-2-1-3-6-11)18-14(12)17-15(20)13-7-4-8-21-13/h1-8,10H,9H2,(H,17,18,20). The average molecular weight is 302 g/mol. The van der Waals surface area contributed by atoms with E-state index in [0.29, 0.717) is 17.4 Å². The van der Waals surface area contributed by atoms with Gasteiger partial charge in [0.15, 0.2) is 11.6 Å². The fourth-order valence-electron chi connectivity index (χ4n) is 1.91. The molecular formula is C15H12ClN3O2. The number of hydrogen-bond acceptors (Lipinski definition) is 3. The van der Waals surface area contributed by atoms with Crippen LogP contribution in [-0.2, 0) is 6.54 Å². The molecule has 3 aromatic rings. The predicted octanol–water partition coefficient (Wildman–Crippen LogP) is 3.43. The van der Waals surface area contributed by atoms with E-state index >= 15 is 0 Å². The molecule has 2 aromatic heterocycles. The van der Waals surface area contributed by atoms with Gasteiger partial charge in [-0.2, -0.15) is 5.10 Å². The zero-order chi connectivity index (χ0) is 14.7. The number of furan rings is 1. The van der Waals surface area contributed by atoms with Crippen molar-refractivity contribution in [1.29, 1.82) is 0 Å². The van der Waals surface area contributed by atoms with Crippen LogP contribution in [0.25, 0.3) is 0 Å². The zero-order valence-corrected chi connectivity index (χ0v) is 11.7. The van der Waals surface area contributed by atoms with Gasteiger partial charge in [-0.05, 0) is 17.7 Å². The van der Waals surface area contributed by atoms with Gasteiger partial charge in [0, 0.05) is 6.20 Å². The number of benzene rings is 1. The number of carbonyl (C=O) groups excluding carboxylic acids is 1. The summed E-state index contributed by atoms with van der Waals surface area (Å²) in [5, 5.41) is 7.27. The summed E-state index contributed by atoms with van der Waals surface area (Å²) in [5.41, 5.74) is 1.10. The summed E-state index contributed by atoms with van der Waals surface area (Å²) in [6, 6.07) is 13.1. The summed E-state index contributed by atoms with van der Waals surface area (Å²) >= 11 is 6.09. The molecule has 0 bridgehead atoms. The minimum atomic E-state index is -0.383. The summed E-state index contributed by atoms with van der Waals surface area (Å²) in [6.45, 7) is 0.581. The molecule has 0 aliphatic carbocycles. The van der Waals surface area contributed by atoms with E-state index in [2.05, 4.69) is 10.4 Å². The minimum Gasteiger partial charge on any atom is -0.459 e. The molecule has 21 heavy (non-hydrogen) atoms. The molecule has 6 heteroatoms. The SMILES string of the molecule is O=C(Nc1nn(Cc2ccccc2)cc1Cl)c1ccco1. The fraction of sp³-hybridized carbons (Fsp3) is 0.0667. The largest absolute Gasteiger partial charge is 0.459 e. The summed E-state index contributed by atoms with van der Waals surface area (Å²) < 4.78 is 6.70. The van der Waals surface area contributed by atoms with Gasteiger partial charge in [-0.15, -0.1) is 0 Å². The number of carbonyl (C=O) groups is 1. The van der Waals surface area contributed by atoms with Gasteiger partial charge in [0.25, 0.3) is 5.91 Å². The Kier molecular flexibility index (Phi) is 3.75. The molecule has 0 spiro atoms. The van der Waals surface area contributed by atoms with Gasteiger partial charge in [0.05, 0.1) is 12.8 Å². The molecule has 0 atom stereocenters. The predicted molar refractivity (Wildman–Crippen MR) is 79.4 cm³/mol. The van der Waals surface area contributed by atoms with E-state index in [0.717, 1.165) is 5.56 Å². The van der Waals surface area contributed by atoms with Gasteiger partial charge in [-0.3, -0.25) is 9.48 Å². The Balaban J connectivity index is 1.74. The highest BCUT2D eigenvalue weighted by atomic mass is 35.5. The highest BCUT2D eigenvalue weighted by Crippen LogP contribution is 2.20. The lowest BCUT2D eigenvalue weighted by molar-refractivity contribution is 0.0996. The first-order chi connectivity index (χ1) is 10.2. The minimum absolute atomic E-state index is 0.212. The Morgan fingerprint density at radius 3 is 2.76 bits per heavy atom. The van der Waals surface area contributed by atoms with Crippen molar-refractivity contribution in [3.05, 3.63) is 71.3 Å². The second kappa shape index (κ2) is 5.85. The summed E-state index contributed by atoms with van der Waals surface area (Å²) in [7, 11) is 0. The summed E-state index contributed by atoms with van der Waals surface area (Å²) in [4.78, 5) is 11.9. The molecule has 1 amide bonds. The van der Waals surface area contributed by atoms with Crippen LogP contribution in [0.4, 0.5) is 5.82 Å². The van der Waals surface area contributed by atoms with E-state index in [1.165, 1.54) is 6.26 Å². The zero-order valence-electron chi connectivity index (χ0n) is 11.0. The van der Waals surface area contributed by atoms with Crippen LogP contribution in [0, 0.1) is 0 Å². The number of amides is 1. The van der Waals surface area contributed by atoms with Gasteiger partial charge < -0.3 is 9.73 Å². The smallest absolute Gasteiger partial charge is 0.292 e. The first-order valence-electron chi connectivity index (χ1n) is 6.34. The number of hydrogen-bond donors (Lipinski definition) is 1. The maximum Gasteiger partial charge on any atom is 0.292 e. The topological polar surface area (TPSA) is 60.1 Å². The molecule has 0 unspecified atom stereocenters. The molecule has 0 radical (unpaired) electrons. The van der Waals surface area contributed by atoms with Crippen molar-refractivity contribution >= 4 is 23.3 Å². The van der Waals surface area contributed by atoms with Crippen molar-refractivity contribution in [1.82, 2.24) is 9.78 Å². The normalized spacial score (nSPS) is 10.5. The third-order valence-electron chi connectivity index (χ3n) is 2.88. The monoisotopic (exact) mass is 301 g/mol. The number of halogens is 1. The molecule has 2 heterocycles. The highest BCUT2D eigenvalue weighted by molar-refractivity contribution is 6.33. The van der Waals surface area contributed by atoms with Crippen LogP contribution in [0.1, 0.15) is 16.1 Å². The maximum atomic E-state index is 11.9. The highest BCUT2D eigenvalue weighted by Gasteiger charge is 2.14. The third kappa shape index (κ3) is 3.14. The molecule has 0 aliphatic heterocycles. The van der Waals surface area contributed by atoms with Crippen LogP contribution in [0.2, 0.25) is 5.02 Å². The van der Waals surface area contributed by atoms with Crippen LogP contribution in [0.15, 0.2) is 59.3 Å². The molecule has 0 aliphatic rings. The van der Waals surface area contributed by atoms with Crippen LogP contribution in [0.5, 0.6) is 0 Å². The lowest BCUT2D eigenvalue weighted by Gasteiger charge is -2.01. The van der Waals surface area contributed by atoms with Crippen molar-refractivity contribution in [2.75, 3.05) is 5.32 Å². The number of rotatable bonds is 4. The second-order valence-corrected chi connectivity index (χ2v) is 4.85. The molecule has 5 nitrogen and oxygen atoms in total. The van der Waals surface area contributed by atoms with Gasteiger partial charge in [-0.1, -0.05) is 41.9 Å². The van der Waals surface area contributed by atoms with Crippen LogP contribution < -0.4 is 5.32 Å². The Morgan fingerprint density at radius 1 is 1.24 bits per heavy atom. The lowest BCUT2D eigenvalue weighted by Crippen LogP contribution is -2.12. The molecular weight excluding hydrogens is 290 g/mol. The van der Waals surface area contributed by atoms with Gasteiger partial charge in [0.2, 0.25) is 0 Å². The quantitative estimate of drug-likeness (QED) is 0.803. The van der Waals surface area contributed by atoms with E-state index in [4.69, 9.17) is 16.0 Å². The summed E-state index contributed by atoms with van der Waals surface area (Å²) in [6.07, 6.45) is 3.11. The van der Waals surface area contributed by atoms with E-state index in [1.807, 2.05) is 30.3 Å². The number of nitrogens with zero attached hydrogens (tertiary/aromatic N) is 2. The average Bonchev–Trinajstić information content (AvgIpc) is 3.11. The lowest BCUT2D eigenvalue weighted by atomic mass is 10.2. The van der Waals surface area contributed by atoms with Gasteiger partial charge >= 0.3 is 0 Å². The fourth-order valence-corrected chi connectivity index (χ4v) is 2.11. The van der Waals surface area contributed by atoms with Gasteiger partial charge in [-0.25, -0.2) is 0 Å². The van der Waals surface area contributed by atoms with Crippen molar-refractivity contribution in [2.45, 2.75) is 6.54 Å². The molecule has 3 rings (SSSR count). The van der Waals surface area contributed by atoms with E-state index in [-0.39, 0.29) is 11.7 Å². The van der Waals surface area contributed by atoms with Crippen LogP contribution in [0.3, 0.4) is 0 Å².